The maximum Gasteiger partial charge on any atom is 0.319 e. The highest BCUT2D eigenvalue weighted by molar-refractivity contribution is 7.09. The summed E-state index contributed by atoms with van der Waals surface area (Å²) in [5, 5.41) is 31.5. The van der Waals surface area contributed by atoms with Gasteiger partial charge in [-0.3, -0.25) is 14.6 Å². The zero-order chi connectivity index (χ0) is 48.5. The first kappa shape index (κ1) is 49.1. The number of nitrogens with zero attached hydrogens (tertiary/aromatic N) is 5. The first-order valence-electron chi connectivity index (χ1n) is 23.4. The second-order valence-corrected chi connectivity index (χ2v) is 18.4. The first-order chi connectivity index (χ1) is 33.6. The van der Waals surface area contributed by atoms with E-state index in [2.05, 4.69) is 44.5 Å². The number of anilines is 2. The molecular formula is C55H57N9O4S. The average Bonchev–Trinajstić information content (AvgIpc) is 3.92. The number of urea groups is 2. The van der Waals surface area contributed by atoms with E-state index in [0.717, 1.165) is 48.8 Å². The van der Waals surface area contributed by atoms with E-state index in [1.165, 1.54) is 16.0 Å². The fourth-order valence-corrected chi connectivity index (χ4v) is 9.30. The van der Waals surface area contributed by atoms with Crippen molar-refractivity contribution in [2.24, 2.45) is 0 Å². The Morgan fingerprint density at radius 1 is 0.609 bits per heavy atom. The molecule has 8 rings (SSSR count). The van der Waals surface area contributed by atoms with Crippen molar-refractivity contribution in [3.63, 3.8) is 0 Å². The Kier molecular flexibility index (Phi) is 17.3. The van der Waals surface area contributed by atoms with Crippen molar-refractivity contribution in [1.29, 1.82) is 10.5 Å². The fourth-order valence-electron chi connectivity index (χ4n) is 8.59. The summed E-state index contributed by atoms with van der Waals surface area (Å²) < 4.78 is 0. The van der Waals surface area contributed by atoms with Gasteiger partial charge in [-0.1, -0.05) is 42.5 Å². The van der Waals surface area contributed by atoms with Gasteiger partial charge in [0.1, 0.15) is 0 Å². The molecule has 0 aliphatic carbocycles. The molecule has 0 bridgehead atoms. The lowest BCUT2D eigenvalue weighted by Gasteiger charge is -2.32. The predicted molar refractivity (Wildman–Crippen MR) is 270 cm³/mol. The lowest BCUT2D eigenvalue weighted by Crippen LogP contribution is -2.38. The standard InChI is InChI=1S/C28H29N5O2.C27H28N4O2S/c1-20-2-5-25(18-26(20)32-28(35)31-15-10-21-8-13-30-14-9-21)27(34)33-16-11-24(12-17-33)23-6-3-22(19-29)4-7-23;1-19-4-7-23(17-25(19)30-27(33)29-13-10-24-3-2-16-34-24)26(32)31-14-11-22(12-15-31)21-8-5-20(18-28)6-9-21/h2-9,13-14,18,24H,10-12,15-17H2,1H3,(H2,31,32,35);2-9,16-17,22H,10-15H2,1H3,(H2,29,30,33). The van der Waals surface area contributed by atoms with Crippen LogP contribution in [-0.4, -0.2) is 77.9 Å². The van der Waals surface area contributed by atoms with Crippen molar-refractivity contribution >= 4 is 46.6 Å². The second kappa shape index (κ2) is 24.3. The van der Waals surface area contributed by atoms with Crippen molar-refractivity contribution in [2.75, 3.05) is 49.9 Å². The summed E-state index contributed by atoms with van der Waals surface area (Å²) in [7, 11) is 0. The number of likely N-dealkylation sites (tertiary alicyclic amines) is 2. The molecule has 2 aromatic heterocycles. The van der Waals surface area contributed by atoms with Crippen molar-refractivity contribution < 1.29 is 19.2 Å². The van der Waals surface area contributed by atoms with Gasteiger partial charge in [-0.15, -0.1) is 11.3 Å². The molecule has 69 heavy (non-hydrogen) atoms. The Morgan fingerprint density at radius 3 is 1.48 bits per heavy atom. The molecule has 6 amide bonds. The van der Waals surface area contributed by atoms with Crippen LogP contribution in [0.2, 0.25) is 0 Å². The normalized spacial score (nSPS) is 13.7. The summed E-state index contributed by atoms with van der Waals surface area (Å²) in [6.45, 7) is 7.60. The highest BCUT2D eigenvalue weighted by atomic mass is 32.1. The zero-order valence-corrected chi connectivity index (χ0v) is 39.9. The van der Waals surface area contributed by atoms with Crippen LogP contribution in [0.4, 0.5) is 21.0 Å². The minimum atomic E-state index is -0.296. The Balaban J connectivity index is 0.000000204. The number of aromatic nitrogens is 1. The van der Waals surface area contributed by atoms with Crippen LogP contribution in [0.1, 0.15) is 102 Å². The largest absolute Gasteiger partial charge is 0.339 e. The van der Waals surface area contributed by atoms with E-state index >= 15 is 0 Å². The number of piperidine rings is 2. The minimum absolute atomic E-state index is 0.0144. The summed E-state index contributed by atoms with van der Waals surface area (Å²) >= 11 is 1.67. The molecule has 14 heteroatoms. The van der Waals surface area contributed by atoms with Crippen LogP contribution in [0.25, 0.3) is 0 Å². The Hall–Kier alpha value is -7.81. The van der Waals surface area contributed by atoms with Crippen molar-refractivity contribution in [1.82, 2.24) is 25.4 Å². The molecule has 4 N–H and O–H groups in total. The summed E-state index contributed by atoms with van der Waals surface area (Å²) in [5.74, 6) is 0.742. The number of hydrogen-bond donors (Lipinski definition) is 4. The number of carbonyl (C=O) groups is 4. The lowest BCUT2D eigenvalue weighted by atomic mass is 9.89. The molecule has 2 aliphatic heterocycles. The van der Waals surface area contributed by atoms with Crippen molar-refractivity contribution in [3.05, 3.63) is 182 Å². The van der Waals surface area contributed by atoms with Crippen LogP contribution >= 0.6 is 11.3 Å². The number of rotatable bonds is 12. The number of pyridine rings is 1. The Labute approximate surface area is 408 Å². The smallest absolute Gasteiger partial charge is 0.319 e. The zero-order valence-electron chi connectivity index (χ0n) is 39.0. The van der Waals surface area contributed by atoms with Gasteiger partial charge < -0.3 is 31.1 Å². The van der Waals surface area contributed by atoms with Gasteiger partial charge in [0.25, 0.3) is 11.8 Å². The van der Waals surface area contributed by atoms with E-state index in [4.69, 9.17) is 10.5 Å². The SMILES string of the molecule is Cc1ccc(C(=O)N2CCC(c3ccc(C#N)cc3)CC2)cc1NC(=O)NCCc1cccs1.Cc1ccc(C(=O)N2CCC(c3ccc(C#N)cc3)CC2)cc1NC(=O)NCCc1ccncc1. The number of amides is 6. The third kappa shape index (κ3) is 13.9. The number of aryl methyl sites for hydroxylation is 2. The van der Waals surface area contributed by atoms with Gasteiger partial charge in [0.05, 0.1) is 23.3 Å². The Morgan fingerprint density at radius 2 is 1.06 bits per heavy atom. The Bertz CT molecular complexity index is 2770. The number of thiophene rings is 1. The van der Waals surface area contributed by atoms with Crippen LogP contribution in [-0.2, 0) is 12.8 Å². The van der Waals surface area contributed by atoms with Crippen LogP contribution in [0, 0.1) is 36.5 Å². The maximum absolute atomic E-state index is 13.2. The molecule has 352 valence electrons. The number of nitrogens with one attached hydrogen (secondary N) is 4. The third-order valence-electron chi connectivity index (χ3n) is 12.7. The van der Waals surface area contributed by atoms with Crippen molar-refractivity contribution in [2.45, 2.75) is 64.2 Å². The molecule has 0 saturated carbocycles. The number of hydrogen-bond acceptors (Lipinski definition) is 8. The molecule has 0 spiro atoms. The molecule has 2 saturated heterocycles. The van der Waals surface area contributed by atoms with E-state index in [9.17, 15) is 19.2 Å². The number of benzene rings is 4. The summed E-state index contributed by atoms with van der Waals surface area (Å²) in [4.78, 5) is 60.0. The maximum atomic E-state index is 13.2. The molecule has 4 heterocycles. The van der Waals surface area contributed by atoms with E-state index in [1.807, 2.05) is 120 Å². The third-order valence-corrected chi connectivity index (χ3v) is 13.7. The van der Waals surface area contributed by atoms with E-state index in [-0.39, 0.29) is 23.9 Å². The average molecular weight is 940 g/mol. The fraction of sp³-hybridized carbons (Fsp3) is 0.291. The topological polar surface area (TPSA) is 183 Å². The van der Waals surface area contributed by atoms with Gasteiger partial charge in [0, 0.05) is 79.0 Å². The minimum Gasteiger partial charge on any atom is -0.339 e. The quantitative estimate of drug-likeness (QED) is 0.0941. The van der Waals surface area contributed by atoms with Gasteiger partial charge in [0.15, 0.2) is 0 Å². The van der Waals surface area contributed by atoms with E-state index in [1.54, 1.807) is 35.9 Å². The van der Waals surface area contributed by atoms with Gasteiger partial charge in [-0.25, -0.2) is 9.59 Å². The van der Waals surface area contributed by atoms with E-state index in [0.29, 0.717) is 91.2 Å². The van der Waals surface area contributed by atoms with Crippen molar-refractivity contribution in [3.8, 4) is 12.1 Å². The molecule has 6 aromatic rings. The summed E-state index contributed by atoms with van der Waals surface area (Å²) in [5.41, 5.74) is 9.09. The monoisotopic (exact) mass is 939 g/mol. The van der Waals surface area contributed by atoms with Gasteiger partial charge >= 0.3 is 12.1 Å². The number of carbonyl (C=O) groups excluding carboxylic acids is 4. The van der Waals surface area contributed by atoms with Gasteiger partial charge in [0.2, 0.25) is 0 Å². The molecule has 13 nitrogen and oxygen atoms in total. The summed E-state index contributed by atoms with van der Waals surface area (Å²) in [6, 6.07) is 38.0. The molecular weight excluding hydrogens is 883 g/mol. The molecule has 0 atom stereocenters. The molecule has 4 aromatic carbocycles. The highest BCUT2D eigenvalue weighted by Gasteiger charge is 2.27. The van der Waals surface area contributed by atoms with Gasteiger partial charge in [-0.05, 0) is 164 Å². The molecule has 0 radical (unpaired) electrons. The summed E-state index contributed by atoms with van der Waals surface area (Å²) in [6.07, 6.45) is 8.52. The first-order valence-corrected chi connectivity index (χ1v) is 24.3. The van der Waals surface area contributed by atoms with Gasteiger partial charge in [-0.2, -0.15) is 10.5 Å². The van der Waals surface area contributed by atoms with Crippen LogP contribution in [0.3, 0.4) is 0 Å². The molecule has 2 fully saturated rings. The molecule has 2 aliphatic rings. The predicted octanol–water partition coefficient (Wildman–Crippen LogP) is 9.96. The number of nitriles is 2. The molecule has 0 unspecified atom stereocenters. The van der Waals surface area contributed by atoms with Crippen LogP contribution in [0.5, 0.6) is 0 Å². The van der Waals surface area contributed by atoms with E-state index < -0.39 is 0 Å². The lowest BCUT2D eigenvalue weighted by molar-refractivity contribution is 0.0705. The second-order valence-electron chi connectivity index (χ2n) is 17.4. The van der Waals surface area contributed by atoms with Crippen LogP contribution < -0.4 is 21.3 Å². The highest BCUT2D eigenvalue weighted by Crippen LogP contribution is 2.31. The van der Waals surface area contributed by atoms with Crippen LogP contribution in [0.15, 0.2) is 127 Å².